The summed E-state index contributed by atoms with van der Waals surface area (Å²) in [5, 5.41) is 3.48. The SMILES string of the molecule is CCCNC(c1ccc(Br)cc1C)c1cc(C)ccc1F. The molecule has 21 heavy (non-hydrogen) atoms. The second-order valence-electron chi connectivity index (χ2n) is 5.41. The second-order valence-corrected chi connectivity index (χ2v) is 6.33. The van der Waals surface area contributed by atoms with E-state index in [1.54, 1.807) is 6.07 Å². The van der Waals surface area contributed by atoms with Crippen LogP contribution in [0.3, 0.4) is 0 Å². The van der Waals surface area contributed by atoms with Gasteiger partial charge in [-0.05, 0) is 56.1 Å². The molecule has 0 aliphatic carbocycles. The van der Waals surface area contributed by atoms with E-state index in [1.165, 1.54) is 0 Å². The molecule has 0 fully saturated rings. The number of rotatable bonds is 5. The van der Waals surface area contributed by atoms with Gasteiger partial charge >= 0.3 is 0 Å². The fourth-order valence-electron chi connectivity index (χ4n) is 2.52. The first kappa shape index (κ1) is 16.2. The Labute approximate surface area is 134 Å². The van der Waals surface area contributed by atoms with Gasteiger partial charge in [0.05, 0.1) is 6.04 Å². The summed E-state index contributed by atoms with van der Waals surface area (Å²) in [6.45, 7) is 7.03. The summed E-state index contributed by atoms with van der Waals surface area (Å²) in [4.78, 5) is 0. The van der Waals surface area contributed by atoms with Crippen LogP contribution in [0.5, 0.6) is 0 Å². The highest BCUT2D eigenvalue weighted by atomic mass is 79.9. The number of halogens is 2. The van der Waals surface area contributed by atoms with Crippen LogP contribution in [0, 0.1) is 19.7 Å². The minimum absolute atomic E-state index is 0.113. The van der Waals surface area contributed by atoms with E-state index in [0.29, 0.717) is 5.56 Å². The monoisotopic (exact) mass is 349 g/mol. The van der Waals surface area contributed by atoms with E-state index in [1.807, 2.05) is 25.1 Å². The summed E-state index contributed by atoms with van der Waals surface area (Å²) < 4.78 is 15.3. The molecule has 2 rings (SSSR count). The molecule has 0 radical (unpaired) electrons. The summed E-state index contributed by atoms with van der Waals surface area (Å²) >= 11 is 3.49. The van der Waals surface area contributed by atoms with Crippen LogP contribution in [-0.4, -0.2) is 6.54 Å². The summed E-state index contributed by atoms with van der Waals surface area (Å²) in [5.41, 5.74) is 4.06. The molecule has 1 N–H and O–H groups in total. The van der Waals surface area contributed by atoms with Gasteiger partial charge in [0, 0.05) is 10.0 Å². The average molecular weight is 350 g/mol. The molecule has 0 aromatic heterocycles. The first-order valence-corrected chi connectivity index (χ1v) is 8.07. The Morgan fingerprint density at radius 2 is 1.86 bits per heavy atom. The Balaban J connectivity index is 2.49. The Morgan fingerprint density at radius 3 is 2.52 bits per heavy atom. The van der Waals surface area contributed by atoms with E-state index in [4.69, 9.17) is 0 Å². The number of aryl methyl sites for hydroxylation is 2. The van der Waals surface area contributed by atoms with Gasteiger partial charge in [0.2, 0.25) is 0 Å². The molecule has 0 aliphatic rings. The fourth-order valence-corrected chi connectivity index (χ4v) is 3.00. The molecule has 112 valence electrons. The molecule has 2 aromatic carbocycles. The number of hydrogen-bond acceptors (Lipinski definition) is 1. The number of nitrogens with one attached hydrogen (secondary N) is 1. The van der Waals surface area contributed by atoms with Crippen LogP contribution in [0.15, 0.2) is 40.9 Å². The van der Waals surface area contributed by atoms with Crippen LogP contribution in [0.25, 0.3) is 0 Å². The molecule has 0 amide bonds. The van der Waals surface area contributed by atoms with Gasteiger partial charge in [0.15, 0.2) is 0 Å². The third-order valence-electron chi connectivity index (χ3n) is 3.60. The first-order valence-electron chi connectivity index (χ1n) is 7.28. The zero-order chi connectivity index (χ0) is 15.4. The zero-order valence-electron chi connectivity index (χ0n) is 12.7. The van der Waals surface area contributed by atoms with E-state index in [-0.39, 0.29) is 11.9 Å². The highest BCUT2D eigenvalue weighted by Crippen LogP contribution is 2.29. The predicted octanol–water partition coefficient (Wildman–Crippen LogP) is 5.29. The maximum atomic E-state index is 14.3. The minimum Gasteiger partial charge on any atom is -0.306 e. The Bertz CT molecular complexity index is 625. The lowest BCUT2D eigenvalue weighted by Crippen LogP contribution is -2.25. The molecule has 0 aliphatic heterocycles. The van der Waals surface area contributed by atoms with Crippen molar-refractivity contribution in [2.24, 2.45) is 0 Å². The van der Waals surface area contributed by atoms with E-state index in [0.717, 1.165) is 34.1 Å². The van der Waals surface area contributed by atoms with Gasteiger partial charge in [-0.25, -0.2) is 4.39 Å². The van der Waals surface area contributed by atoms with Crippen molar-refractivity contribution >= 4 is 15.9 Å². The molecular formula is C18H21BrFN. The van der Waals surface area contributed by atoms with Gasteiger partial charge in [-0.2, -0.15) is 0 Å². The number of hydrogen-bond donors (Lipinski definition) is 1. The van der Waals surface area contributed by atoms with Crippen LogP contribution in [0.1, 0.15) is 41.6 Å². The van der Waals surface area contributed by atoms with Gasteiger partial charge in [-0.3, -0.25) is 0 Å². The number of benzene rings is 2. The van der Waals surface area contributed by atoms with E-state index in [9.17, 15) is 4.39 Å². The van der Waals surface area contributed by atoms with Crippen molar-refractivity contribution in [2.75, 3.05) is 6.54 Å². The molecule has 2 aromatic rings. The maximum absolute atomic E-state index is 14.3. The Morgan fingerprint density at radius 1 is 1.10 bits per heavy atom. The molecular weight excluding hydrogens is 329 g/mol. The molecule has 0 spiro atoms. The van der Waals surface area contributed by atoms with E-state index < -0.39 is 0 Å². The maximum Gasteiger partial charge on any atom is 0.128 e. The lowest BCUT2D eigenvalue weighted by atomic mass is 9.93. The van der Waals surface area contributed by atoms with Gasteiger partial charge in [-0.1, -0.05) is 46.6 Å². The molecule has 3 heteroatoms. The van der Waals surface area contributed by atoms with Crippen molar-refractivity contribution in [3.05, 3.63) is 68.9 Å². The van der Waals surface area contributed by atoms with E-state index >= 15 is 0 Å². The van der Waals surface area contributed by atoms with Gasteiger partial charge in [-0.15, -0.1) is 0 Å². The molecule has 1 atom stereocenters. The van der Waals surface area contributed by atoms with Crippen molar-refractivity contribution in [3.8, 4) is 0 Å². The largest absolute Gasteiger partial charge is 0.306 e. The van der Waals surface area contributed by atoms with Crippen LogP contribution < -0.4 is 5.32 Å². The quantitative estimate of drug-likeness (QED) is 0.772. The summed E-state index contributed by atoms with van der Waals surface area (Å²) in [6.07, 6.45) is 1.01. The molecule has 1 nitrogen and oxygen atoms in total. The smallest absolute Gasteiger partial charge is 0.128 e. The lowest BCUT2D eigenvalue weighted by molar-refractivity contribution is 0.545. The van der Waals surface area contributed by atoms with Crippen molar-refractivity contribution in [3.63, 3.8) is 0 Å². The van der Waals surface area contributed by atoms with Crippen LogP contribution >= 0.6 is 15.9 Å². The molecule has 1 unspecified atom stereocenters. The van der Waals surface area contributed by atoms with Crippen molar-refractivity contribution in [2.45, 2.75) is 33.2 Å². The second kappa shape index (κ2) is 7.19. The van der Waals surface area contributed by atoms with Gasteiger partial charge in [0.1, 0.15) is 5.82 Å². The normalized spacial score (nSPS) is 12.4. The van der Waals surface area contributed by atoms with Crippen LogP contribution in [0.2, 0.25) is 0 Å². The molecule has 0 bridgehead atoms. The van der Waals surface area contributed by atoms with Crippen LogP contribution in [-0.2, 0) is 0 Å². The van der Waals surface area contributed by atoms with Gasteiger partial charge < -0.3 is 5.32 Å². The minimum atomic E-state index is -0.156. The summed E-state index contributed by atoms with van der Waals surface area (Å²) in [5.74, 6) is -0.156. The zero-order valence-corrected chi connectivity index (χ0v) is 14.3. The predicted molar refractivity (Wildman–Crippen MR) is 90.2 cm³/mol. The van der Waals surface area contributed by atoms with Crippen molar-refractivity contribution in [1.29, 1.82) is 0 Å². The molecule has 0 saturated heterocycles. The highest BCUT2D eigenvalue weighted by Gasteiger charge is 2.19. The Kier molecular flexibility index (Phi) is 5.54. The summed E-state index contributed by atoms with van der Waals surface area (Å²) in [7, 11) is 0. The molecule has 0 saturated carbocycles. The topological polar surface area (TPSA) is 12.0 Å². The van der Waals surface area contributed by atoms with Crippen molar-refractivity contribution < 1.29 is 4.39 Å². The lowest BCUT2D eigenvalue weighted by Gasteiger charge is -2.22. The fraction of sp³-hybridized carbons (Fsp3) is 0.333. The van der Waals surface area contributed by atoms with Crippen molar-refractivity contribution in [1.82, 2.24) is 5.32 Å². The first-order chi connectivity index (χ1) is 10.0. The van der Waals surface area contributed by atoms with Crippen LogP contribution in [0.4, 0.5) is 4.39 Å². The van der Waals surface area contributed by atoms with E-state index in [2.05, 4.69) is 47.2 Å². The third-order valence-corrected chi connectivity index (χ3v) is 4.10. The molecule has 0 heterocycles. The Hall–Kier alpha value is -1.19. The third kappa shape index (κ3) is 3.92. The average Bonchev–Trinajstić information content (AvgIpc) is 2.44. The standard InChI is InChI=1S/C18H21BrFN/c1-4-9-21-18(15-7-6-14(19)11-13(15)3)16-10-12(2)5-8-17(16)20/h5-8,10-11,18,21H,4,9H2,1-3H3. The van der Waals surface area contributed by atoms with Gasteiger partial charge in [0.25, 0.3) is 0 Å². The summed E-state index contributed by atoms with van der Waals surface area (Å²) in [6, 6.07) is 11.3. The highest BCUT2D eigenvalue weighted by molar-refractivity contribution is 9.10.